The maximum Gasteiger partial charge on any atom is 0.324 e. The van der Waals surface area contributed by atoms with Crippen molar-refractivity contribution >= 4 is 23.8 Å². The molecule has 3 aliphatic rings. The first-order valence-electron chi connectivity index (χ1n) is 11.9. The van der Waals surface area contributed by atoms with Gasteiger partial charge in [-0.15, -0.1) is 0 Å². The number of anilines is 2. The molecule has 2 saturated heterocycles. The van der Waals surface area contributed by atoms with Crippen LogP contribution in [-0.2, 0) is 6.42 Å². The zero-order valence-electron chi connectivity index (χ0n) is 19.3. The lowest BCUT2D eigenvalue weighted by atomic mass is 9.83. The average molecular weight is 459 g/mol. The van der Waals surface area contributed by atoms with Gasteiger partial charge in [0.25, 0.3) is 0 Å². The van der Waals surface area contributed by atoms with Gasteiger partial charge in [0.05, 0.1) is 6.20 Å². The van der Waals surface area contributed by atoms with Gasteiger partial charge in [-0.3, -0.25) is 4.31 Å². The molecule has 0 unspecified atom stereocenters. The number of fused-ring (bicyclic) bond motifs is 1. The summed E-state index contributed by atoms with van der Waals surface area (Å²) in [6, 6.07) is 3.34. The molecule has 2 fully saturated rings. The Labute approximate surface area is 194 Å². The lowest BCUT2D eigenvalue weighted by Gasteiger charge is -2.44. The normalized spacial score (nSPS) is 21.6. The summed E-state index contributed by atoms with van der Waals surface area (Å²) >= 11 is 1.84. The van der Waals surface area contributed by atoms with E-state index in [1.54, 1.807) is 0 Å². The summed E-state index contributed by atoms with van der Waals surface area (Å²) < 4.78 is 14.5. The Morgan fingerprint density at radius 3 is 2.62 bits per heavy atom. The second-order valence-corrected chi connectivity index (χ2v) is 10.5. The Morgan fingerprint density at radius 1 is 1.16 bits per heavy atom. The number of pyridine rings is 1. The molecule has 0 aliphatic carbocycles. The molecular weight excluding hydrogens is 424 g/mol. The number of aromatic nitrogens is 3. The minimum Gasteiger partial charge on any atom is -0.485 e. The minimum atomic E-state index is -0.105. The summed E-state index contributed by atoms with van der Waals surface area (Å²) in [5.74, 6) is 2.98. The number of hydrogen-bond acceptors (Lipinski definition) is 9. The highest BCUT2D eigenvalue weighted by atomic mass is 32.2. The molecule has 9 heteroatoms. The van der Waals surface area contributed by atoms with E-state index in [4.69, 9.17) is 9.26 Å². The topological polar surface area (TPSA) is 79.5 Å². The lowest BCUT2D eigenvalue weighted by Crippen LogP contribution is -2.50. The molecule has 0 bridgehead atoms. The molecule has 8 nitrogen and oxygen atoms in total. The number of hydrogen-bond donors (Lipinski definition) is 1. The van der Waals surface area contributed by atoms with Gasteiger partial charge in [0, 0.05) is 51.0 Å². The van der Waals surface area contributed by atoms with E-state index in [9.17, 15) is 0 Å². The van der Waals surface area contributed by atoms with E-state index in [0.717, 1.165) is 82.1 Å². The Balaban J connectivity index is 1.18. The number of ether oxygens (including phenoxy) is 1. The average Bonchev–Trinajstić information content (AvgIpc) is 3.31. The van der Waals surface area contributed by atoms with E-state index in [-0.39, 0.29) is 11.5 Å². The molecule has 0 aromatic carbocycles. The standard InChI is InChI=1S/C23H34N6O2S/c1-16(2)21-26-22(31-27-21)28-12-8-23(9-13-28)7-4-17-14-20(24-15-19(17)30-23)25-18-5-10-29(32-3)11-6-18/h14-16,18H,4-13H2,1-3H3,(H,24,25). The highest BCUT2D eigenvalue weighted by Gasteiger charge is 2.40. The molecule has 5 heterocycles. The highest BCUT2D eigenvalue weighted by Crippen LogP contribution is 2.40. The maximum atomic E-state index is 6.57. The van der Waals surface area contributed by atoms with Gasteiger partial charge in [0.2, 0.25) is 0 Å². The summed E-state index contributed by atoms with van der Waals surface area (Å²) in [5.41, 5.74) is 1.17. The molecule has 2 aromatic rings. The Bertz CT molecular complexity index is 919. The number of rotatable bonds is 5. The first kappa shape index (κ1) is 21.8. The third-order valence-electron chi connectivity index (χ3n) is 7.08. The molecular formula is C23H34N6O2S. The fraction of sp³-hybridized carbons (Fsp3) is 0.696. The minimum absolute atomic E-state index is 0.105. The van der Waals surface area contributed by atoms with Crippen molar-refractivity contribution in [2.45, 2.75) is 69.9 Å². The van der Waals surface area contributed by atoms with Crippen molar-refractivity contribution in [2.75, 3.05) is 42.7 Å². The van der Waals surface area contributed by atoms with Crippen LogP contribution >= 0.6 is 11.9 Å². The van der Waals surface area contributed by atoms with Crippen LogP contribution in [0.5, 0.6) is 5.75 Å². The van der Waals surface area contributed by atoms with Gasteiger partial charge < -0.3 is 19.5 Å². The van der Waals surface area contributed by atoms with E-state index in [1.807, 2.05) is 18.1 Å². The molecule has 1 spiro atoms. The Hall–Kier alpha value is -2.00. The first-order chi connectivity index (χ1) is 15.5. The van der Waals surface area contributed by atoms with E-state index in [2.05, 4.69) is 55.8 Å². The van der Waals surface area contributed by atoms with Crippen LogP contribution in [0.1, 0.15) is 63.3 Å². The summed E-state index contributed by atoms with van der Waals surface area (Å²) in [6.45, 7) is 8.17. The molecule has 174 valence electrons. The Morgan fingerprint density at radius 2 is 1.94 bits per heavy atom. The van der Waals surface area contributed by atoms with Crippen molar-refractivity contribution in [2.24, 2.45) is 0 Å². The van der Waals surface area contributed by atoms with E-state index >= 15 is 0 Å². The molecule has 2 aromatic heterocycles. The van der Waals surface area contributed by atoms with Gasteiger partial charge in [0.15, 0.2) is 5.82 Å². The van der Waals surface area contributed by atoms with Crippen LogP contribution in [0.25, 0.3) is 0 Å². The van der Waals surface area contributed by atoms with Crippen LogP contribution in [0, 0.1) is 0 Å². The monoisotopic (exact) mass is 458 g/mol. The third-order valence-corrected chi connectivity index (χ3v) is 7.96. The molecule has 0 atom stereocenters. The summed E-state index contributed by atoms with van der Waals surface area (Å²) in [7, 11) is 0. The lowest BCUT2D eigenvalue weighted by molar-refractivity contribution is 0.0213. The molecule has 0 saturated carbocycles. The second kappa shape index (κ2) is 9.09. The third kappa shape index (κ3) is 4.55. The zero-order chi connectivity index (χ0) is 22.1. The quantitative estimate of drug-likeness (QED) is 0.666. The fourth-order valence-corrected chi connectivity index (χ4v) is 5.51. The zero-order valence-corrected chi connectivity index (χ0v) is 20.2. The summed E-state index contributed by atoms with van der Waals surface area (Å²) in [4.78, 5) is 11.4. The van der Waals surface area contributed by atoms with E-state index < -0.39 is 0 Å². The predicted molar refractivity (Wildman–Crippen MR) is 127 cm³/mol. The van der Waals surface area contributed by atoms with Crippen LogP contribution in [0.2, 0.25) is 0 Å². The summed E-state index contributed by atoms with van der Waals surface area (Å²) in [5, 5.41) is 7.75. The highest BCUT2D eigenvalue weighted by molar-refractivity contribution is 7.96. The second-order valence-electron chi connectivity index (χ2n) is 9.57. The largest absolute Gasteiger partial charge is 0.485 e. The van der Waals surface area contributed by atoms with Crippen LogP contribution in [0.3, 0.4) is 0 Å². The van der Waals surface area contributed by atoms with Gasteiger partial charge in [-0.25, -0.2) is 4.98 Å². The molecule has 32 heavy (non-hydrogen) atoms. The molecule has 0 radical (unpaired) electrons. The van der Waals surface area contributed by atoms with Crippen LogP contribution < -0.4 is 15.0 Å². The first-order valence-corrected chi connectivity index (χ1v) is 13.0. The van der Waals surface area contributed by atoms with Crippen LogP contribution in [0.15, 0.2) is 16.8 Å². The molecule has 3 aliphatic heterocycles. The maximum absolute atomic E-state index is 6.57. The van der Waals surface area contributed by atoms with Gasteiger partial charge in [0.1, 0.15) is 17.2 Å². The fourth-order valence-electron chi connectivity index (χ4n) is 4.94. The van der Waals surface area contributed by atoms with E-state index in [1.165, 1.54) is 5.56 Å². The van der Waals surface area contributed by atoms with Gasteiger partial charge in [-0.1, -0.05) is 31.0 Å². The van der Waals surface area contributed by atoms with Crippen molar-refractivity contribution in [1.29, 1.82) is 0 Å². The Kier molecular flexibility index (Phi) is 6.20. The molecule has 5 rings (SSSR count). The van der Waals surface area contributed by atoms with Crippen LogP contribution in [-0.4, -0.2) is 63.5 Å². The van der Waals surface area contributed by atoms with Crippen molar-refractivity contribution < 1.29 is 9.26 Å². The van der Waals surface area contributed by atoms with Gasteiger partial charge in [-0.05, 0) is 43.6 Å². The van der Waals surface area contributed by atoms with Crippen molar-refractivity contribution in [3.05, 3.63) is 23.7 Å². The smallest absolute Gasteiger partial charge is 0.324 e. The van der Waals surface area contributed by atoms with E-state index in [0.29, 0.717) is 12.1 Å². The number of nitrogens with one attached hydrogen (secondary N) is 1. The van der Waals surface area contributed by atoms with Crippen molar-refractivity contribution in [3.63, 3.8) is 0 Å². The van der Waals surface area contributed by atoms with Crippen LogP contribution in [0.4, 0.5) is 11.8 Å². The molecule has 1 N–H and O–H groups in total. The number of piperidine rings is 2. The number of aryl methyl sites for hydroxylation is 1. The van der Waals surface area contributed by atoms with Crippen molar-refractivity contribution in [1.82, 2.24) is 19.4 Å². The van der Waals surface area contributed by atoms with Crippen molar-refractivity contribution in [3.8, 4) is 5.75 Å². The van der Waals surface area contributed by atoms with Gasteiger partial charge >= 0.3 is 6.01 Å². The van der Waals surface area contributed by atoms with Gasteiger partial charge in [-0.2, -0.15) is 4.98 Å². The molecule has 0 amide bonds. The predicted octanol–water partition coefficient (Wildman–Crippen LogP) is 4.11. The summed E-state index contributed by atoms with van der Waals surface area (Å²) in [6.07, 6.45) is 10.4. The SMILES string of the molecule is CSN1CCC(Nc2cc3c(cn2)OC2(CC3)CCN(c3nc(C(C)C)no3)CC2)CC1. The number of nitrogens with zero attached hydrogens (tertiary/aromatic N) is 5.